The molecule has 9 atom stereocenters. The average Bonchev–Trinajstić information content (AvgIpc) is 3.64. The number of carbonyl (C=O) groups excluding carboxylic acids is 5. The van der Waals surface area contributed by atoms with Crippen molar-refractivity contribution in [2.75, 3.05) is 13.7 Å². The van der Waals surface area contributed by atoms with Crippen molar-refractivity contribution >= 4 is 29.6 Å². The van der Waals surface area contributed by atoms with Crippen LogP contribution < -0.4 is 0 Å². The van der Waals surface area contributed by atoms with Crippen LogP contribution in [0.3, 0.4) is 0 Å². The van der Waals surface area contributed by atoms with Crippen molar-refractivity contribution in [1.29, 1.82) is 0 Å². The molecular formula is C25H28N2O6. The van der Waals surface area contributed by atoms with Gasteiger partial charge in [-0.1, -0.05) is 24.3 Å². The monoisotopic (exact) mass is 452 g/mol. The Morgan fingerprint density at radius 2 is 1.27 bits per heavy atom. The number of amides is 4. The molecule has 2 saturated carbocycles. The minimum atomic E-state index is -0.954. The summed E-state index contributed by atoms with van der Waals surface area (Å²) in [5.41, 5.74) is 0. The largest absolute Gasteiger partial charge is 0.467 e. The number of nitrogens with zero attached hydrogens (tertiary/aromatic N) is 2. The van der Waals surface area contributed by atoms with E-state index in [1.165, 1.54) is 12.0 Å². The van der Waals surface area contributed by atoms with Crippen molar-refractivity contribution in [3.8, 4) is 0 Å². The van der Waals surface area contributed by atoms with Gasteiger partial charge in [0.15, 0.2) is 0 Å². The van der Waals surface area contributed by atoms with Gasteiger partial charge in [0.1, 0.15) is 6.04 Å². The molecular weight excluding hydrogens is 424 g/mol. The topological polar surface area (TPSA) is 101 Å². The van der Waals surface area contributed by atoms with Crippen molar-refractivity contribution in [3.05, 3.63) is 24.3 Å². The molecule has 33 heavy (non-hydrogen) atoms. The Hall–Kier alpha value is -2.77. The van der Waals surface area contributed by atoms with Crippen molar-refractivity contribution < 1.29 is 28.7 Å². The van der Waals surface area contributed by atoms with Gasteiger partial charge in [0.25, 0.3) is 0 Å². The quantitative estimate of drug-likeness (QED) is 0.250. The van der Waals surface area contributed by atoms with Gasteiger partial charge in [-0.3, -0.25) is 29.0 Å². The molecule has 8 nitrogen and oxygen atoms in total. The molecule has 6 aliphatic rings. The van der Waals surface area contributed by atoms with Gasteiger partial charge in [-0.2, -0.15) is 0 Å². The van der Waals surface area contributed by atoms with Crippen LogP contribution in [0.2, 0.25) is 0 Å². The van der Waals surface area contributed by atoms with Crippen LogP contribution in [0.1, 0.15) is 32.1 Å². The summed E-state index contributed by atoms with van der Waals surface area (Å²) < 4.78 is 4.93. The van der Waals surface area contributed by atoms with Gasteiger partial charge in [0.2, 0.25) is 23.6 Å². The van der Waals surface area contributed by atoms with Crippen LogP contribution >= 0.6 is 0 Å². The van der Waals surface area contributed by atoms with E-state index in [4.69, 9.17) is 4.74 Å². The molecule has 4 amide bonds. The minimum absolute atomic E-state index is 0.0768. The number of fused-ring (bicyclic) bond motifs is 10. The van der Waals surface area contributed by atoms with Crippen LogP contribution in [0, 0.1) is 47.3 Å². The number of likely N-dealkylation sites (tertiary alicyclic amines) is 2. The first kappa shape index (κ1) is 20.8. The number of rotatable bonds is 7. The number of methoxy groups -OCH3 is 1. The first-order valence-electron chi connectivity index (χ1n) is 12.1. The summed E-state index contributed by atoms with van der Waals surface area (Å²) in [6, 6.07) is -0.954. The molecule has 2 aliphatic heterocycles. The number of imide groups is 2. The van der Waals surface area contributed by atoms with Crippen molar-refractivity contribution in [3.63, 3.8) is 0 Å². The maximum atomic E-state index is 13.1. The summed E-state index contributed by atoms with van der Waals surface area (Å²) in [6.07, 6.45) is 11.2. The third-order valence-corrected chi connectivity index (χ3v) is 8.96. The maximum absolute atomic E-state index is 13.1. The number of hydrogen-bond acceptors (Lipinski definition) is 6. The molecule has 0 N–H and O–H groups in total. The standard InChI is InChI=1S/C25H28N2O6/c1-33-25(32)16(27-23(30)19-14-7-8-15(11-14)20(19)24(27)31)4-2-3-9-26-21(28)17-12-5-6-13(10-12)18(17)22(26)29/h5-8,12-20H,2-4,9-11H2,1H3/t12-,13-,14-,15-,16-,17-,18-,19-,20+/m0/s1. The van der Waals surface area contributed by atoms with Crippen LogP contribution in [-0.2, 0) is 28.7 Å². The molecule has 0 aromatic heterocycles. The molecule has 2 saturated heterocycles. The predicted molar refractivity (Wildman–Crippen MR) is 114 cm³/mol. The first-order chi connectivity index (χ1) is 15.9. The lowest BCUT2D eigenvalue weighted by Gasteiger charge is -2.26. The highest BCUT2D eigenvalue weighted by molar-refractivity contribution is 6.09. The molecule has 4 fully saturated rings. The van der Waals surface area contributed by atoms with E-state index >= 15 is 0 Å². The molecule has 0 spiro atoms. The molecule has 174 valence electrons. The van der Waals surface area contributed by atoms with E-state index in [0.29, 0.717) is 19.4 Å². The fraction of sp³-hybridized carbons (Fsp3) is 0.640. The Morgan fingerprint density at radius 1 is 0.818 bits per heavy atom. The third kappa shape index (κ3) is 2.78. The summed E-state index contributed by atoms with van der Waals surface area (Å²) in [5.74, 6) is -1.89. The number of ether oxygens (including phenoxy) is 1. The van der Waals surface area contributed by atoms with Gasteiger partial charge in [0.05, 0.1) is 30.8 Å². The first-order valence-corrected chi connectivity index (χ1v) is 12.1. The summed E-state index contributed by atoms with van der Waals surface area (Å²) in [6.45, 7) is 0.305. The van der Waals surface area contributed by atoms with Gasteiger partial charge in [-0.15, -0.1) is 0 Å². The van der Waals surface area contributed by atoms with Crippen LogP contribution in [0.5, 0.6) is 0 Å². The molecule has 0 aromatic rings. The Kier molecular flexibility index (Phi) is 4.65. The van der Waals surface area contributed by atoms with E-state index in [2.05, 4.69) is 12.2 Å². The van der Waals surface area contributed by atoms with Crippen molar-refractivity contribution in [1.82, 2.24) is 9.80 Å². The van der Waals surface area contributed by atoms with Crippen LogP contribution in [0.25, 0.3) is 0 Å². The molecule has 8 heteroatoms. The molecule has 4 aliphatic carbocycles. The van der Waals surface area contributed by atoms with E-state index in [0.717, 1.165) is 17.7 Å². The molecule has 4 bridgehead atoms. The summed E-state index contributed by atoms with van der Waals surface area (Å²) in [4.78, 5) is 67.0. The van der Waals surface area contributed by atoms with E-state index < -0.39 is 12.0 Å². The van der Waals surface area contributed by atoms with Gasteiger partial charge < -0.3 is 4.74 Å². The highest BCUT2D eigenvalue weighted by Gasteiger charge is 2.61. The lowest BCUT2D eigenvalue weighted by atomic mass is 9.85. The number of hydrogen-bond donors (Lipinski definition) is 0. The second kappa shape index (κ2) is 7.37. The number of allylic oxidation sites excluding steroid dienone is 4. The van der Waals surface area contributed by atoms with E-state index in [9.17, 15) is 24.0 Å². The predicted octanol–water partition coefficient (Wildman–Crippen LogP) is 1.31. The van der Waals surface area contributed by atoms with Gasteiger partial charge >= 0.3 is 5.97 Å². The van der Waals surface area contributed by atoms with E-state index in [-0.39, 0.29) is 77.4 Å². The summed E-state index contributed by atoms with van der Waals surface area (Å²) in [5, 5.41) is 0. The average molecular weight is 453 g/mol. The fourth-order valence-electron chi connectivity index (χ4n) is 7.51. The van der Waals surface area contributed by atoms with Crippen LogP contribution in [-0.4, -0.2) is 59.1 Å². The lowest BCUT2D eigenvalue weighted by molar-refractivity contribution is -0.157. The lowest BCUT2D eigenvalue weighted by Crippen LogP contribution is -2.47. The van der Waals surface area contributed by atoms with Gasteiger partial charge in [-0.25, -0.2) is 4.79 Å². The Morgan fingerprint density at radius 3 is 1.73 bits per heavy atom. The van der Waals surface area contributed by atoms with E-state index in [1.54, 1.807) is 0 Å². The summed E-state index contributed by atoms with van der Waals surface area (Å²) >= 11 is 0. The Labute approximate surface area is 192 Å². The highest BCUT2D eigenvalue weighted by Crippen LogP contribution is 2.54. The zero-order chi connectivity index (χ0) is 23.0. The molecule has 6 rings (SSSR count). The number of unbranched alkanes of at least 4 members (excludes halogenated alkanes) is 1. The number of esters is 1. The second-order valence-corrected chi connectivity index (χ2v) is 10.4. The summed E-state index contributed by atoms with van der Waals surface area (Å²) in [7, 11) is 1.26. The minimum Gasteiger partial charge on any atom is -0.467 e. The zero-order valence-corrected chi connectivity index (χ0v) is 18.6. The normalized spacial score (nSPS) is 40.4. The molecule has 0 radical (unpaired) electrons. The highest BCUT2D eigenvalue weighted by atomic mass is 16.5. The van der Waals surface area contributed by atoms with Gasteiger partial charge in [-0.05, 0) is 55.8 Å². The van der Waals surface area contributed by atoms with Crippen molar-refractivity contribution in [2.24, 2.45) is 47.3 Å². The molecule has 0 unspecified atom stereocenters. The second-order valence-electron chi connectivity index (χ2n) is 10.4. The SMILES string of the molecule is COC(=O)[C@H](CCCCN1C(=O)[C@@H]2[C@@H](C1=O)[C@H]1C=C[C@H]2C1)N1C(=O)[C@@H]2[C@H](C1=O)[C@H]1C=C[C@H]2C1. The van der Waals surface area contributed by atoms with Crippen LogP contribution in [0.4, 0.5) is 0 Å². The molecule has 2 heterocycles. The van der Waals surface area contributed by atoms with Crippen molar-refractivity contribution in [2.45, 2.75) is 38.1 Å². The maximum Gasteiger partial charge on any atom is 0.329 e. The Balaban J connectivity index is 1.09. The molecule has 0 aromatic carbocycles. The van der Waals surface area contributed by atoms with Crippen LogP contribution in [0.15, 0.2) is 24.3 Å². The fourth-order valence-corrected chi connectivity index (χ4v) is 7.51. The number of carbonyl (C=O) groups is 5. The zero-order valence-electron chi connectivity index (χ0n) is 18.6. The smallest absolute Gasteiger partial charge is 0.329 e. The third-order valence-electron chi connectivity index (χ3n) is 8.96. The van der Waals surface area contributed by atoms with E-state index in [1.807, 2.05) is 12.2 Å². The van der Waals surface area contributed by atoms with Gasteiger partial charge in [0, 0.05) is 6.54 Å². The Bertz CT molecular complexity index is 956.